The van der Waals surface area contributed by atoms with Gasteiger partial charge in [0, 0.05) is 24.9 Å². The van der Waals surface area contributed by atoms with Crippen molar-refractivity contribution in [2.45, 2.75) is 11.4 Å². The van der Waals surface area contributed by atoms with Crippen LogP contribution < -0.4 is 20.3 Å². The first-order valence-electron chi connectivity index (χ1n) is 12.0. The molecule has 40 heavy (non-hydrogen) atoms. The van der Waals surface area contributed by atoms with Crippen molar-refractivity contribution in [1.29, 1.82) is 0 Å². The van der Waals surface area contributed by atoms with Crippen LogP contribution in [-0.4, -0.2) is 37.1 Å². The summed E-state index contributed by atoms with van der Waals surface area (Å²) in [7, 11) is -1.47. The third-order valence-corrected chi connectivity index (χ3v) is 7.57. The van der Waals surface area contributed by atoms with Crippen molar-refractivity contribution < 1.29 is 21.9 Å². The molecular formula is C28H23F2N5O4S. The van der Waals surface area contributed by atoms with Crippen LogP contribution in [0.25, 0.3) is 22.0 Å². The molecular weight excluding hydrogens is 540 g/mol. The quantitative estimate of drug-likeness (QED) is 0.283. The average molecular weight is 564 g/mol. The van der Waals surface area contributed by atoms with E-state index in [1.807, 2.05) is 30.3 Å². The maximum Gasteiger partial charge on any atom is 0.264 e. The van der Waals surface area contributed by atoms with E-state index in [2.05, 4.69) is 20.0 Å². The number of nitrogens with one attached hydrogen (secondary N) is 2. The van der Waals surface area contributed by atoms with E-state index < -0.39 is 26.6 Å². The molecule has 0 aliphatic heterocycles. The number of ether oxygens (including phenoxy) is 1. The Morgan fingerprint density at radius 3 is 2.45 bits per heavy atom. The molecule has 0 aliphatic carbocycles. The molecule has 0 spiro atoms. The van der Waals surface area contributed by atoms with Crippen LogP contribution in [0.2, 0.25) is 0 Å². The Morgan fingerprint density at radius 1 is 0.975 bits per heavy atom. The normalized spacial score (nSPS) is 11.4. The van der Waals surface area contributed by atoms with Gasteiger partial charge in [-0.25, -0.2) is 27.2 Å². The SMILES string of the molecule is CNc1nc2ccc(-c3cnc(OC)c(NS(=O)(=O)c4ccc(F)cc4F)c3)cc2c(=O)n1Cc1ccccc1. The minimum Gasteiger partial charge on any atom is -0.480 e. The molecule has 204 valence electrons. The Kier molecular flexibility index (Phi) is 7.18. The smallest absolute Gasteiger partial charge is 0.264 e. The molecule has 0 saturated heterocycles. The van der Waals surface area contributed by atoms with Gasteiger partial charge >= 0.3 is 0 Å². The summed E-state index contributed by atoms with van der Waals surface area (Å²) in [6.07, 6.45) is 1.45. The average Bonchev–Trinajstić information content (AvgIpc) is 2.94. The number of nitrogens with zero attached hydrogens (tertiary/aromatic N) is 3. The van der Waals surface area contributed by atoms with Crippen LogP contribution >= 0.6 is 0 Å². The van der Waals surface area contributed by atoms with E-state index >= 15 is 0 Å². The summed E-state index contributed by atoms with van der Waals surface area (Å²) in [5.74, 6) is -1.82. The highest BCUT2D eigenvalue weighted by Gasteiger charge is 2.22. The number of fused-ring (bicyclic) bond motifs is 1. The zero-order chi connectivity index (χ0) is 28.4. The van der Waals surface area contributed by atoms with E-state index in [1.54, 1.807) is 25.2 Å². The van der Waals surface area contributed by atoms with Crippen LogP contribution in [0.5, 0.6) is 5.88 Å². The molecule has 0 amide bonds. The van der Waals surface area contributed by atoms with Crippen molar-refractivity contribution in [3.05, 3.63) is 107 Å². The summed E-state index contributed by atoms with van der Waals surface area (Å²) >= 11 is 0. The van der Waals surface area contributed by atoms with Gasteiger partial charge in [0.2, 0.25) is 11.8 Å². The van der Waals surface area contributed by atoms with E-state index in [0.29, 0.717) is 40.6 Å². The van der Waals surface area contributed by atoms with Crippen molar-refractivity contribution in [1.82, 2.24) is 14.5 Å². The minimum absolute atomic E-state index is 0.0684. The van der Waals surface area contributed by atoms with Crippen molar-refractivity contribution in [3.8, 4) is 17.0 Å². The predicted molar refractivity (Wildman–Crippen MR) is 148 cm³/mol. The molecule has 0 bridgehead atoms. The number of rotatable bonds is 8. The van der Waals surface area contributed by atoms with E-state index in [1.165, 1.54) is 23.9 Å². The molecule has 9 nitrogen and oxygen atoms in total. The van der Waals surface area contributed by atoms with Crippen LogP contribution in [-0.2, 0) is 16.6 Å². The number of hydrogen-bond acceptors (Lipinski definition) is 7. The zero-order valence-electron chi connectivity index (χ0n) is 21.4. The third kappa shape index (κ3) is 5.21. The Balaban J connectivity index is 1.57. The number of hydrogen-bond donors (Lipinski definition) is 2. The fourth-order valence-corrected chi connectivity index (χ4v) is 5.35. The topological polar surface area (TPSA) is 115 Å². The molecule has 0 radical (unpaired) electrons. The lowest BCUT2D eigenvalue weighted by atomic mass is 10.0. The molecule has 5 rings (SSSR count). The molecule has 0 unspecified atom stereocenters. The standard InChI is InChI=1S/C28H23F2N5O4S/c1-31-28-33-23-10-8-18(12-21(23)27(36)35(28)16-17-6-4-3-5-7-17)19-13-24(26(39-2)32-15-19)34-40(37,38)25-11-9-20(29)14-22(25)30/h3-15,34H,16H2,1-2H3,(H,31,33). The number of methoxy groups -OCH3 is 1. The summed E-state index contributed by atoms with van der Waals surface area (Å²) in [6, 6.07) is 18.1. The highest BCUT2D eigenvalue weighted by Crippen LogP contribution is 2.31. The Morgan fingerprint density at radius 2 is 1.75 bits per heavy atom. The van der Waals surface area contributed by atoms with Gasteiger partial charge < -0.3 is 10.1 Å². The lowest BCUT2D eigenvalue weighted by Gasteiger charge is -2.15. The van der Waals surface area contributed by atoms with Crippen molar-refractivity contribution in [2.75, 3.05) is 24.2 Å². The molecule has 0 aliphatic rings. The number of halogens is 2. The Labute approximate surface area is 228 Å². The fourth-order valence-electron chi connectivity index (χ4n) is 4.24. The van der Waals surface area contributed by atoms with Gasteiger partial charge in [-0.2, -0.15) is 0 Å². The summed E-state index contributed by atoms with van der Waals surface area (Å²) in [5.41, 5.74) is 2.05. The molecule has 3 aromatic carbocycles. The molecule has 0 fully saturated rings. The fraction of sp³-hybridized carbons (Fsp3) is 0.107. The van der Waals surface area contributed by atoms with Gasteiger partial charge in [0.25, 0.3) is 15.6 Å². The van der Waals surface area contributed by atoms with Gasteiger partial charge in [0.15, 0.2) is 0 Å². The number of aromatic nitrogens is 3. The van der Waals surface area contributed by atoms with Crippen molar-refractivity contribution in [3.63, 3.8) is 0 Å². The number of anilines is 2. The Hall–Kier alpha value is -4.84. The molecule has 12 heteroatoms. The van der Waals surface area contributed by atoms with E-state index in [4.69, 9.17) is 4.74 Å². The lowest BCUT2D eigenvalue weighted by Crippen LogP contribution is -2.25. The first-order valence-corrected chi connectivity index (χ1v) is 13.5. The molecule has 2 N–H and O–H groups in total. The second-order valence-electron chi connectivity index (χ2n) is 8.76. The molecule has 2 heterocycles. The van der Waals surface area contributed by atoms with Gasteiger partial charge in [-0.3, -0.25) is 14.1 Å². The summed E-state index contributed by atoms with van der Waals surface area (Å²) in [4.78, 5) is 21.6. The Bertz CT molecular complexity index is 1900. The first kappa shape index (κ1) is 26.8. The highest BCUT2D eigenvalue weighted by atomic mass is 32.2. The van der Waals surface area contributed by atoms with Gasteiger partial charge in [-0.1, -0.05) is 36.4 Å². The van der Waals surface area contributed by atoms with Crippen LogP contribution in [0.1, 0.15) is 5.56 Å². The van der Waals surface area contributed by atoms with E-state index in [0.717, 1.165) is 17.7 Å². The lowest BCUT2D eigenvalue weighted by molar-refractivity contribution is 0.400. The van der Waals surface area contributed by atoms with Gasteiger partial charge in [0.05, 0.1) is 24.6 Å². The van der Waals surface area contributed by atoms with Crippen LogP contribution in [0, 0.1) is 11.6 Å². The molecule has 0 saturated carbocycles. The van der Waals surface area contributed by atoms with Gasteiger partial charge in [0.1, 0.15) is 22.2 Å². The largest absolute Gasteiger partial charge is 0.480 e. The maximum atomic E-state index is 14.2. The van der Waals surface area contributed by atoms with E-state index in [-0.39, 0.29) is 17.1 Å². The zero-order valence-corrected chi connectivity index (χ0v) is 22.2. The first-order chi connectivity index (χ1) is 19.2. The number of benzene rings is 3. The second kappa shape index (κ2) is 10.7. The predicted octanol–water partition coefficient (Wildman–Crippen LogP) is 4.64. The molecule has 0 atom stereocenters. The summed E-state index contributed by atoms with van der Waals surface area (Å²) < 4.78 is 62.3. The highest BCUT2D eigenvalue weighted by molar-refractivity contribution is 7.92. The monoisotopic (exact) mass is 563 g/mol. The maximum absolute atomic E-state index is 14.2. The van der Waals surface area contributed by atoms with Gasteiger partial charge in [-0.05, 0) is 41.5 Å². The van der Waals surface area contributed by atoms with Crippen molar-refractivity contribution in [2.24, 2.45) is 0 Å². The summed E-state index contributed by atoms with van der Waals surface area (Å²) in [6.45, 7) is 0.305. The van der Waals surface area contributed by atoms with Crippen molar-refractivity contribution >= 4 is 32.6 Å². The third-order valence-electron chi connectivity index (χ3n) is 6.17. The number of sulfonamides is 1. The van der Waals surface area contributed by atoms with Crippen LogP contribution in [0.4, 0.5) is 20.4 Å². The van der Waals surface area contributed by atoms with Crippen LogP contribution in [0.3, 0.4) is 0 Å². The van der Waals surface area contributed by atoms with E-state index in [9.17, 15) is 22.0 Å². The summed E-state index contributed by atoms with van der Waals surface area (Å²) in [5, 5.41) is 3.32. The molecule has 2 aromatic heterocycles. The second-order valence-corrected chi connectivity index (χ2v) is 10.4. The number of pyridine rings is 1. The van der Waals surface area contributed by atoms with Gasteiger partial charge in [-0.15, -0.1) is 0 Å². The minimum atomic E-state index is -4.46. The van der Waals surface area contributed by atoms with Crippen LogP contribution in [0.15, 0.2) is 88.7 Å². The molecule has 5 aromatic rings.